The highest BCUT2D eigenvalue weighted by Crippen LogP contribution is 2.43. The molecule has 0 aromatic heterocycles. The Balaban J connectivity index is 1.56. The average molecular weight is 462 g/mol. The van der Waals surface area contributed by atoms with Gasteiger partial charge in [-0.25, -0.2) is 0 Å². The zero-order valence-electron chi connectivity index (χ0n) is 19.4. The van der Waals surface area contributed by atoms with E-state index in [4.69, 9.17) is 14.2 Å². The molecule has 176 valence electrons. The molecule has 4 rings (SSSR count). The van der Waals surface area contributed by atoms with Crippen LogP contribution in [-0.4, -0.2) is 44.2 Å². The zero-order chi connectivity index (χ0) is 24.3. The van der Waals surface area contributed by atoms with Crippen LogP contribution in [0.25, 0.3) is 0 Å². The van der Waals surface area contributed by atoms with Gasteiger partial charge in [0.15, 0.2) is 11.4 Å². The molecule has 7 nitrogen and oxygen atoms in total. The van der Waals surface area contributed by atoms with E-state index in [2.05, 4.69) is 0 Å². The molecule has 1 heterocycles. The molecule has 1 atom stereocenters. The van der Waals surface area contributed by atoms with Crippen LogP contribution in [0.5, 0.6) is 17.2 Å². The smallest absolute Gasteiger partial charge is 0.264 e. The van der Waals surface area contributed by atoms with E-state index in [1.807, 2.05) is 31.2 Å². The number of hydrogen-bond acceptors (Lipinski definition) is 6. The van der Waals surface area contributed by atoms with Gasteiger partial charge in [-0.15, -0.1) is 0 Å². The second-order valence-electron chi connectivity index (χ2n) is 8.17. The first-order valence-corrected chi connectivity index (χ1v) is 11.0. The number of carbonyl (C=O) groups excluding carboxylic acids is 2. The molecule has 3 aromatic rings. The minimum Gasteiger partial charge on any atom is -0.497 e. The standard InChI is InChI=1S/C27H27NO6/c1-18-7-6-8-20(15-18)34-14-13-28-23-10-5-4-9-22(23)27(31,26(28)30)17-24(29)21-12-11-19(32-2)16-25(21)33-3/h4-12,15-16,31H,13-14,17H2,1-3H3. The van der Waals surface area contributed by atoms with Crippen LogP contribution in [-0.2, 0) is 10.4 Å². The summed E-state index contributed by atoms with van der Waals surface area (Å²) in [5.41, 5.74) is 0.320. The van der Waals surface area contributed by atoms with E-state index in [9.17, 15) is 14.7 Å². The molecule has 34 heavy (non-hydrogen) atoms. The van der Waals surface area contributed by atoms with E-state index in [1.165, 1.54) is 19.1 Å². The summed E-state index contributed by atoms with van der Waals surface area (Å²) in [5.74, 6) is 0.589. The largest absolute Gasteiger partial charge is 0.497 e. The van der Waals surface area contributed by atoms with E-state index in [1.54, 1.807) is 42.5 Å². The van der Waals surface area contributed by atoms with Gasteiger partial charge in [0, 0.05) is 11.6 Å². The molecule has 1 aliphatic rings. The Bertz CT molecular complexity index is 1220. The van der Waals surface area contributed by atoms with Crippen molar-refractivity contribution in [1.29, 1.82) is 0 Å². The molecule has 0 aliphatic carbocycles. The summed E-state index contributed by atoms with van der Waals surface area (Å²) in [5, 5.41) is 11.5. The first-order chi connectivity index (χ1) is 16.4. The minimum absolute atomic E-state index is 0.228. The highest BCUT2D eigenvalue weighted by atomic mass is 16.5. The van der Waals surface area contributed by atoms with Gasteiger partial charge in [0.25, 0.3) is 5.91 Å². The second-order valence-corrected chi connectivity index (χ2v) is 8.17. The lowest BCUT2D eigenvalue weighted by molar-refractivity contribution is -0.135. The third kappa shape index (κ3) is 4.34. The Morgan fingerprint density at radius 1 is 0.971 bits per heavy atom. The number of anilines is 1. The topological polar surface area (TPSA) is 85.3 Å². The number of aliphatic hydroxyl groups is 1. The van der Waals surface area contributed by atoms with Crippen LogP contribution >= 0.6 is 0 Å². The maximum Gasteiger partial charge on any atom is 0.264 e. The lowest BCUT2D eigenvalue weighted by atomic mass is 9.88. The van der Waals surface area contributed by atoms with Crippen molar-refractivity contribution in [3.63, 3.8) is 0 Å². The van der Waals surface area contributed by atoms with Crippen LogP contribution in [0.3, 0.4) is 0 Å². The fourth-order valence-electron chi connectivity index (χ4n) is 4.22. The number of ether oxygens (including phenoxy) is 3. The quantitative estimate of drug-likeness (QED) is 0.487. The molecule has 0 saturated heterocycles. The number of benzene rings is 3. The highest BCUT2D eigenvalue weighted by Gasteiger charge is 2.50. The molecule has 1 N–H and O–H groups in total. The highest BCUT2D eigenvalue weighted by molar-refractivity contribution is 6.11. The van der Waals surface area contributed by atoms with E-state index in [0.717, 1.165) is 5.56 Å². The molecule has 1 aliphatic heterocycles. The lowest BCUT2D eigenvalue weighted by Gasteiger charge is -2.23. The molecule has 0 saturated carbocycles. The summed E-state index contributed by atoms with van der Waals surface area (Å²) < 4.78 is 16.3. The Morgan fingerprint density at radius 3 is 2.50 bits per heavy atom. The van der Waals surface area contributed by atoms with Gasteiger partial charge >= 0.3 is 0 Å². The Labute approximate surface area is 198 Å². The molecule has 0 radical (unpaired) electrons. The number of methoxy groups -OCH3 is 2. The molecule has 0 fully saturated rings. The number of hydrogen-bond donors (Lipinski definition) is 1. The SMILES string of the molecule is COc1ccc(C(=O)CC2(O)C(=O)N(CCOc3cccc(C)c3)c3ccccc32)c(OC)c1. The van der Waals surface area contributed by atoms with Gasteiger partial charge in [-0.05, 0) is 42.8 Å². The number of fused-ring (bicyclic) bond motifs is 1. The van der Waals surface area contributed by atoms with Crippen molar-refractivity contribution in [3.8, 4) is 17.2 Å². The molecule has 0 spiro atoms. The van der Waals surface area contributed by atoms with Gasteiger partial charge in [0.1, 0.15) is 23.9 Å². The normalized spacial score (nSPS) is 16.8. The van der Waals surface area contributed by atoms with Crippen molar-refractivity contribution in [2.24, 2.45) is 0 Å². The van der Waals surface area contributed by atoms with Crippen LogP contribution in [0.2, 0.25) is 0 Å². The van der Waals surface area contributed by atoms with Crippen molar-refractivity contribution >= 4 is 17.4 Å². The van der Waals surface area contributed by atoms with Crippen molar-refractivity contribution in [2.75, 3.05) is 32.3 Å². The molecular formula is C27H27NO6. The number of nitrogens with zero attached hydrogens (tertiary/aromatic N) is 1. The van der Waals surface area contributed by atoms with Crippen molar-refractivity contribution in [3.05, 3.63) is 83.4 Å². The van der Waals surface area contributed by atoms with Crippen LogP contribution in [0.1, 0.15) is 27.9 Å². The summed E-state index contributed by atoms with van der Waals surface area (Å²) in [4.78, 5) is 28.1. The van der Waals surface area contributed by atoms with Gasteiger partial charge in [-0.3, -0.25) is 9.59 Å². The average Bonchev–Trinajstić information content (AvgIpc) is 3.05. The van der Waals surface area contributed by atoms with Gasteiger partial charge in [0.2, 0.25) is 0 Å². The first-order valence-electron chi connectivity index (χ1n) is 11.0. The molecule has 0 bridgehead atoms. The summed E-state index contributed by atoms with van der Waals surface area (Å²) in [6.45, 7) is 2.44. The number of para-hydroxylation sites is 1. The first kappa shape index (κ1) is 23.3. The molecular weight excluding hydrogens is 434 g/mol. The Hall–Kier alpha value is -3.84. The number of carbonyl (C=O) groups is 2. The van der Waals surface area contributed by atoms with Gasteiger partial charge in [-0.1, -0.05) is 30.3 Å². The van der Waals surface area contributed by atoms with Crippen LogP contribution in [0, 0.1) is 6.92 Å². The molecule has 7 heteroatoms. The minimum atomic E-state index is -1.98. The predicted molar refractivity (Wildman–Crippen MR) is 128 cm³/mol. The van der Waals surface area contributed by atoms with Crippen molar-refractivity contribution in [2.45, 2.75) is 18.9 Å². The maximum atomic E-state index is 13.4. The van der Waals surface area contributed by atoms with E-state index in [0.29, 0.717) is 28.5 Å². The van der Waals surface area contributed by atoms with E-state index < -0.39 is 23.7 Å². The van der Waals surface area contributed by atoms with Crippen LogP contribution < -0.4 is 19.1 Å². The Morgan fingerprint density at radius 2 is 1.76 bits per heavy atom. The third-order valence-electron chi connectivity index (χ3n) is 5.94. The van der Waals surface area contributed by atoms with Gasteiger partial charge in [-0.2, -0.15) is 0 Å². The third-order valence-corrected chi connectivity index (χ3v) is 5.94. The Kier molecular flexibility index (Phi) is 6.56. The van der Waals surface area contributed by atoms with E-state index in [-0.39, 0.29) is 18.7 Å². The maximum absolute atomic E-state index is 13.4. The number of Topliss-reactive ketones (excluding diaryl/α,β-unsaturated/α-hetero) is 1. The summed E-state index contributed by atoms with van der Waals surface area (Å²) in [7, 11) is 2.97. The number of aryl methyl sites for hydroxylation is 1. The van der Waals surface area contributed by atoms with Gasteiger partial charge < -0.3 is 24.2 Å². The lowest BCUT2D eigenvalue weighted by Crippen LogP contribution is -2.43. The predicted octanol–water partition coefficient (Wildman–Crippen LogP) is 3.90. The molecule has 1 unspecified atom stereocenters. The molecule has 3 aromatic carbocycles. The van der Waals surface area contributed by atoms with E-state index >= 15 is 0 Å². The number of ketones is 1. The zero-order valence-corrected chi connectivity index (χ0v) is 19.4. The number of amides is 1. The fraction of sp³-hybridized carbons (Fsp3) is 0.259. The van der Waals surface area contributed by atoms with Crippen molar-refractivity contribution in [1.82, 2.24) is 0 Å². The van der Waals surface area contributed by atoms with Crippen LogP contribution in [0.15, 0.2) is 66.7 Å². The summed E-state index contributed by atoms with van der Waals surface area (Å²) >= 11 is 0. The summed E-state index contributed by atoms with van der Waals surface area (Å²) in [6.07, 6.45) is -0.416. The fourth-order valence-corrected chi connectivity index (χ4v) is 4.22. The monoisotopic (exact) mass is 461 g/mol. The van der Waals surface area contributed by atoms with Gasteiger partial charge in [0.05, 0.1) is 38.4 Å². The summed E-state index contributed by atoms with van der Waals surface area (Å²) in [6, 6.07) is 19.4. The second kappa shape index (κ2) is 9.57. The van der Waals surface area contributed by atoms with Crippen LogP contribution in [0.4, 0.5) is 5.69 Å². The van der Waals surface area contributed by atoms with Crippen molar-refractivity contribution < 1.29 is 28.9 Å². The molecule has 1 amide bonds. The number of rotatable bonds is 9.